The topological polar surface area (TPSA) is 94.4 Å². The number of amides is 1. The number of carbonyl (C=O) groups excluding carboxylic acids is 2. The molecule has 0 aliphatic carbocycles. The third kappa shape index (κ3) is 4.69. The standard InChI is InChI=1S/C19H20ClNO6S/c1-5-15(22)21-18-16(19(24)27-6-2)17(23)14(28-18)8-10-7-11(20)13(26-4)9-12(10)25-3/h7-9,23H,5-6H2,1-4H3/b14-8-,21-18?. The van der Waals surface area contributed by atoms with Crippen molar-refractivity contribution < 1.29 is 28.9 Å². The molecule has 1 aromatic rings. The predicted octanol–water partition coefficient (Wildman–Crippen LogP) is 4.16. The van der Waals surface area contributed by atoms with E-state index in [1.807, 2.05) is 0 Å². The van der Waals surface area contributed by atoms with Gasteiger partial charge in [-0.3, -0.25) is 4.79 Å². The summed E-state index contributed by atoms with van der Waals surface area (Å²) < 4.78 is 15.5. The van der Waals surface area contributed by atoms with E-state index >= 15 is 0 Å². The summed E-state index contributed by atoms with van der Waals surface area (Å²) in [5.74, 6) is -0.598. The number of methoxy groups -OCH3 is 2. The zero-order valence-corrected chi connectivity index (χ0v) is 17.4. The highest BCUT2D eigenvalue weighted by atomic mass is 35.5. The summed E-state index contributed by atoms with van der Waals surface area (Å²) in [6.45, 7) is 3.42. The van der Waals surface area contributed by atoms with Gasteiger partial charge in [-0.2, -0.15) is 0 Å². The molecule has 1 N–H and O–H groups in total. The molecule has 1 aromatic carbocycles. The van der Waals surface area contributed by atoms with Crippen LogP contribution in [0.25, 0.3) is 6.08 Å². The molecule has 9 heteroatoms. The first-order valence-corrected chi connectivity index (χ1v) is 9.59. The van der Waals surface area contributed by atoms with Crippen LogP contribution in [0, 0.1) is 0 Å². The average Bonchev–Trinajstić information content (AvgIpc) is 2.97. The molecule has 2 rings (SSSR count). The normalized spacial score (nSPS) is 16.6. The molecular formula is C19H20ClNO6S. The molecule has 28 heavy (non-hydrogen) atoms. The molecular weight excluding hydrogens is 406 g/mol. The fraction of sp³-hybridized carbons (Fsp3) is 0.316. The van der Waals surface area contributed by atoms with Gasteiger partial charge in [-0.1, -0.05) is 30.3 Å². The second-order valence-corrected chi connectivity index (χ2v) is 6.89. The Kier molecular flexibility index (Phi) is 7.53. The molecule has 0 fully saturated rings. The van der Waals surface area contributed by atoms with Gasteiger partial charge in [-0.15, -0.1) is 0 Å². The Morgan fingerprint density at radius 1 is 1.21 bits per heavy atom. The van der Waals surface area contributed by atoms with Gasteiger partial charge in [-0.05, 0) is 19.1 Å². The molecule has 0 saturated carbocycles. The number of hydrogen-bond acceptors (Lipinski definition) is 7. The Bertz CT molecular complexity index is 891. The van der Waals surface area contributed by atoms with Gasteiger partial charge in [0.2, 0.25) is 5.91 Å². The summed E-state index contributed by atoms with van der Waals surface area (Å²) in [5, 5.41) is 11.0. The zero-order valence-electron chi connectivity index (χ0n) is 15.9. The maximum absolute atomic E-state index is 12.3. The summed E-state index contributed by atoms with van der Waals surface area (Å²) in [6, 6.07) is 3.22. The molecule has 0 bridgehead atoms. The number of rotatable bonds is 6. The fourth-order valence-electron chi connectivity index (χ4n) is 2.32. The Balaban J connectivity index is 2.57. The minimum atomic E-state index is -0.752. The van der Waals surface area contributed by atoms with Crippen LogP contribution in [-0.2, 0) is 14.3 Å². The lowest BCUT2D eigenvalue weighted by Crippen LogP contribution is -2.14. The van der Waals surface area contributed by atoms with Crippen LogP contribution in [0.15, 0.2) is 33.4 Å². The lowest BCUT2D eigenvalue weighted by molar-refractivity contribution is -0.138. The van der Waals surface area contributed by atoms with E-state index in [1.165, 1.54) is 14.2 Å². The highest BCUT2D eigenvalue weighted by Gasteiger charge is 2.33. The molecule has 150 valence electrons. The minimum Gasteiger partial charge on any atom is -0.506 e. The largest absolute Gasteiger partial charge is 0.506 e. The van der Waals surface area contributed by atoms with E-state index in [1.54, 1.807) is 32.1 Å². The van der Waals surface area contributed by atoms with E-state index in [2.05, 4.69) is 4.99 Å². The summed E-state index contributed by atoms with van der Waals surface area (Å²) in [7, 11) is 2.97. The second kappa shape index (κ2) is 9.66. The van der Waals surface area contributed by atoms with Gasteiger partial charge in [-0.25, -0.2) is 9.79 Å². The van der Waals surface area contributed by atoms with Crippen molar-refractivity contribution in [2.24, 2.45) is 4.99 Å². The van der Waals surface area contributed by atoms with Crippen molar-refractivity contribution in [2.45, 2.75) is 20.3 Å². The highest BCUT2D eigenvalue weighted by Crippen LogP contribution is 2.41. The maximum atomic E-state index is 12.3. The van der Waals surface area contributed by atoms with Crippen molar-refractivity contribution in [1.29, 1.82) is 0 Å². The Hall–Kier alpha value is -2.45. The molecule has 0 atom stereocenters. The van der Waals surface area contributed by atoms with Crippen molar-refractivity contribution in [1.82, 2.24) is 0 Å². The number of hydrogen-bond donors (Lipinski definition) is 1. The van der Waals surface area contributed by atoms with Crippen molar-refractivity contribution in [3.8, 4) is 11.5 Å². The lowest BCUT2D eigenvalue weighted by atomic mass is 10.1. The smallest absolute Gasteiger partial charge is 0.344 e. The first-order chi connectivity index (χ1) is 13.4. The first-order valence-electron chi connectivity index (χ1n) is 8.39. The van der Waals surface area contributed by atoms with Crippen LogP contribution in [0.3, 0.4) is 0 Å². The van der Waals surface area contributed by atoms with Gasteiger partial charge in [0.15, 0.2) is 0 Å². The van der Waals surface area contributed by atoms with Gasteiger partial charge in [0.1, 0.15) is 27.9 Å². The van der Waals surface area contributed by atoms with E-state index in [0.29, 0.717) is 27.0 Å². The SMILES string of the molecule is CCOC(=O)C1=C(O)/C(=C/c2cc(Cl)c(OC)cc2OC)SC1=NC(=O)CC. The molecule has 7 nitrogen and oxygen atoms in total. The molecule has 0 radical (unpaired) electrons. The molecule has 1 heterocycles. The highest BCUT2D eigenvalue weighted by molar-refractivity contribution is 8.18. The van der Waals surface area contributed by atoms with E-state index in [-0.39, 0.29) is 29.4 Å². The molecule has 1 amide bonds. The van der Waals surface area contributed by atoms with Gasteiger partial charge in [0.05, 0.1) is 30.8 Å². The molecule has 1 aliphatic rings. The summed E-state index contributed by atoms with van der Waals surface area (Å²) >= 11 is 7.17. The van der Waals surface area contributed by atoms with Gasteiger partial charge in [0.25, 0.3) is 0 Å². The number of aliphatic hydroxyl groups excluding tert-OH is 1. The minimum absolute atomic E-state index is 0.0904. The number of thioether (sulfide) groups is 1. The molecule has 1 aliphatic heterocycles. The number of nitrogens with zero attached hydrogens (tertiary/aromatic N) is 1. The van der Waals surface area contributed by atoms with E-state index in [9.17, 15) is 14.7 Å². The average molecular weight is 426 g/mol. The van der Waals surface area contributed by atoms with E-state index < -0.39 is 11.9 Å². The van der Waals surface area contributed by atoms with Crippen LogP contribution in [0.4, 0.5) is 0 Å². The van der Waals surface area contributed by atoms with Crippen LogP contribution >= 0.6 is 23.4 Å². The third-order valence-electron chi connectivity index (χ3n) is 3.69. The molecule has 0 aromatic heterocycles. The third-order valence-corrected chi connectivity index (χ3v) is 5.00. The summed E-state index contributed by atoms with van der Waals surface area (Å²) in [4.78, 5) is 28.2. The molecule has 0 unspecified atom stereocenters. The monoisotopic (exact) mass is 425 g/mol. The molecule has 0 spiro atoms. The van der Waals surface area contributed by atoms with Crippen LogP contribution in [0.2, 0.25) is 5.02 Å². The zero-order chi connectivity index (χ0) is 20.8. The number of ether oxygens (including phenoxy) is 3. The van der Waals surface area contributed by atoms with Crippen LogP contribution in [0.1, 0.15) is 25.8 Å². The number of benzene rings is 1. The van der Waals surface area contributed by atoms with Crippen molar-refractivity contribution in [3.05, 3.63) is 39.0 Å². The summed E-state index contributed by atoms with van der Waals surface area (Å²) in [6.07, 6.45) is 1.75. The number of esters is 1. The summed E-state index contributed by atoms with van der Waals surface area (Å²) in [5.41, 5.74) is 0.409. The Labute approximate surface area is 172 Å². The van der Waals surface area contributed by atoms with E-state index in [4.69, 9.17) is 25.8 Å². The lowest BCUT2D eigenvalue weighted by Gasteiger charge is -2.10. The van der Waals surface area contributed by atoms with Crippen molar-refractivity contribution in [2.75, 3.05) is 20.8 Å². The van der Waals surface area contributed by atoms with Crippen LogP contribution < -0.4 is 9.47 Å². The van der Waals surface area contributed by atoms with Gasteiger partial charge >= 0.3 is 5.97 Å². The number of aliphatic imine (C=N–C) groups is 1. The maximum Gasteiger partial charge on any atom is 0.344 e. The second-order valence-electron chi connectivity index (χ2n) is 5.45. The van der Waals surface area contributed by atoms with E-state index in [0.717, 1.165) is 11.8 Å². The fourth-order valence-corrected chi connectivity index (χ4v) is 3.59. The predicted molar refractivity (Wildman–Crippen MR) is 109 cm³/mol. The van der Waals surface area contributed by atoms with Crippen molar-refractivity contribution in [3.63, 3.8) is 0 Å². The quantitative estimate of drug-likeness (QED) is 0.684. The van der Waals surface area contributed by atoms with Gasteiger partial charge in [0, 0.05) is 18.1 Å². The number of halogens is 1. The number of aliphatic hydroxyl groups is 1. The van der Waals surface area contributed by atoms with Crippen LogP contribution in [-0.4, -0.2) is 42.9 Å². The number of carbonyl (C=O) groups is 2. The Morgan fingerprint density at radius 2 is 1.89 bits per heavy atom. The first kappa shape index (κ1) is 21.8. The molecule has 0 saturated heterocycles. The van der Waals surface area contributed by atoms with Crippen LogP contribution in [0.5, 0.6) is 11.5 Å². The van der Waals surface area contributed by atoms with Crippen molar-refractivity contribution >= 4 is 46.4 Å². The Morgan fingerprint density at radius 3 is 2.46 bits per heavy atom. The van der Waals surface area contributed by atoms with Gasteiger partial charge < -0.3 is 19.3 Å².